The van der Waals surface area contributed by atoms with E-state index in [1.165, 1.54) is 11.1 Å². The summed E-state index contributed by atoms with van der Waals surface area (Å²) in [5, 5.41) is 0. The van der Waals surface area contributed by atoms with Gasteiger partial charge in [-0.05, 0) is 46.2 Å². The van der Waals surface area contributed by atoms with E-state index >= 15 is 0 Å². The Morgan fingerprint density at radius 2 is 1.26 bits per heavy atom. The Bertz CT molecular complexity index is 968. The van der Waals surface area contributed by atoms with Crippen LogP contribution in [0.5, 0.6) is 23.0 Å². The van der Waals surface area contributed by atoms with Crippen LogP contribution in [0.3, 0.4) is 0 Å². The van der Waals surface area contributed by atoms with Gasteiger partial charge in [0.1, 0.15) is 6.61 Å². The predicted molar refractivity (Wildman–Crippen MR) is 143 cm³/mol. The standard InChI is InChI=1S/C30H42O5/c1-8-9-15-31-24-20-34-26-14-12-22(29(2,3)4)18-27(26)33-17-10-16-32-25-13-11-23(30(5,6)7)19-28(25)35-21-24/h8,11-14,18-19,24H,1,9-10,15-17,20-21H2,2-7H3/p+1. The maximum absolute atomic E-state index is 6.31. The van der Waals surface area contributed by atoms with Crippen LogP contribution in [-0.4, -0.2) is 43.9 Å². The van der Waals surface area contributed by atoms with Gasteiger partial charge in [-0.25, -0.2) is 0 Å². The number of hydrogen-bond donors (Lipinski definition) is 0. The SMILES string of the molecule is C=CCC[OH+]C1COc2ccc(C(C)(C)C)cc2OCCCOc2ccc(C(C)(C)C)cc2OC1. The molecule has 5 nitrogen and oxygen atoms in total. The largest absolute Gasteiger partial charge is 0.490 e. The van der Waals surface area contributed by atoms with E-state index in [-0.39, 0.29) is 16.9 Å². The number of fused-ring (bicyclic) bond motifs is 2. The Morgan fingerprint density at radius 1 is 0.771 bits per heavy atom. The van der Waals surface area contributed by atoms with Gasteiger partial charge in [0.15, 0.2) is 36.2 Å². The molecule has 192 valence electrons. The summed E-state index contributed by atoms with van der Waals surface area (Å²) in [5.41, 5.74) is 2.44. The van der Waals surface area contributed by atoms with Gasteiger partial charge in [-0.3, -0.25) is 0 Å². The summed E-state index contributed by atoms with van der Waals surface area (Å²) in [7, 11) is 0. The van der Waals surface area contributed by atoms with Crippen LogP contribution in [0.15, 0.2) is 49.1 Å². The lowest BCUT2D eigenvalue weighted by molar-refractivity contribution is -0.132. The highest BCUT2D eigenvalue weighted by Crippen LogP contribution is 2.35. The van der Waals surface area contributed by atoms with E-state index in [1.807, 2.05) is 18.2 Å². The van der Waals surface area contributed by atoms with Gasteiger partial charge in [0.2, 0.25) is 6.10 Å². The lowest BCUT2D eigenvalue weighted by Crippen LogP contribution is -2.32. The summed E-state index contributed by atoms with van der Waals surface area (Å²) in [6.07, 6.45) is 3.31. The third kappa shape index (κ3) is 7.93. The average Bonchev–Trinajstić information content (AvgIpc) is 2.79. The summed E-state index contributed by atoms with van der Waals surface area (Å²) in [6.45, 7) is 19.5. The molecular formula is C30H43O5+. The van der Waals surface area contributed by atoms with E-state index in [9.17, 15) is 0 Å². The van der Waals surface area contributed by atoms with Crippen molar-refractivity contribution in [3.8, 4) is 23.0 Å². The molecule has 3 rings (SSSR count). The van der Waals surface area contributed by atoms with Gasteiger partial charge >= 0.3 is 0 Å². The summed E-state index contributed by atoms with van der Waals surface area (Å²) in [6, 6.07) is 12.4. The second-order valence-corrected chi connectivity index (χ2v) is 11.1. The normalized spacial score (nSPS) is 17.4. The molecule has 0 fully saturated rings. The molecule has 5 heteroatoms. The number of hydrogen-bond acceptors (Lipinski definition) is 4. The second-order valence-electron chi connectivity index (χ2n) is 11.1. The van der Waals surface area contributed by atoms with E-state index < -0.39 is 0 Å². The lowest BCUT2D eigenvalue weighted by atomic mass is 9.87. The molecule has 0 saturated heterocycles. The Hall–Kier alpha value is -2.66. The van der Waals surface area contributed by atoms with Crippen molar-refractivity contribution >= 4 is 0 Å². The minimum Gasteiger partial charge on any atom is -0.490 e. The van der Waals surface area contributed by atoms with E-state index in [1.54, 1.807) is 0 Å². The van der Waals surface area contributed by atoms with Crippen molar-refractivity contribution in [1.82, 2.24) is 0 Å². The van der Waals surface area contributed by atoms with Gasteiger partial charge in [0, 0.05) is 12.8 Å². The predicted octanol–water partition coefficient (Wildman–Crippen LogP) is 6.37. The molecule has 0 aliphatic carbocycles. The molecule has 0 amide bonds. The Balaban J connectivity index is 1.86. The molecule has 35 heavy (non-hydrogen) atoms. The Morgan fingerprint density at radius 3 is 1.80 bits per heavy atom. The quantitative estimate of drug-likeness (QED) is 0.288. The van der Waals surface area contributed by atoms with Crippen LogP contribution in [0.2, 0.25) is 0 Å². The topological polar surface area (TPSA) is 49.7 Å². The molecule has 0 radical (unpaired) electrons. The molecule has 1 N–H and O–H groups in total. The maximum atomic E-state index is 6.31. The minimum absolute atomic E-state index is 0.0117. The highest BCUT2D eigenvalue weighted by Gasteiger charge is 2.23. The highest BCUT2D eigenvalue weighted by molar-refractivity contribution is 5.46. The molecule has 1 aliphatic heterocycles. The molecule has 1 atom stereocenters. The van der Waals surface area contributed by atoms with E-state index in [0.717, 1.165) is 35.8 Å². The zero-order chi connectivity index (χ0) is 25.5. The van der Waals surface area contributed by atoms with Gasteiger partial charge in [0.25, 0.3) is 0 Å². The fraction of sp³-hybridized carbons (Fsp3) is 0.533. The molecular weight excluding hydrogens is 440 g/mol. The van der Waals surface area contributed by atoms with Crippen LogP contribution in [-0.2, 0) is 10.8 Å². The summed E-state index contributed by atoms with van der Waals surface area (Å²) >= 11 is 0. The Kier molecular flexibility index (Phi) is 9.12. The van der Waals surface area contributed by atoms with Crippen molar-refractivity contribution in [2.45, 2.75) is 71.3 Å². The van der Waals surface area contributed by atoms with Crippen LogP contribution in [0.1, 0.15) is 65.5 Å². The van der Waals surface area contributed by atoms with Crippen molar-refractivity contribution in [3.05, 3.63) is 60.2 Å². The van der Waals surface area contributed by atoms with Crippen molar-refractivity contribution in [1.29, 1.82) is 0 Å². The van der Waals surface area contributed by atoms with Crippen molar-refractivity contribution < 1.29 is 23.7 Å². The van der Waals surface area contributed by atoms with Gasteiger partial charge in [-0.1, -0.05) is 59.8 Å². The number of ether oxygens (including phenoxy) is 5. The smallest absolute Gasteiger partial charge is 0.224 e. The van der Waals surface area contributed by atoms with Crippen molar-refractivity contribution in [2.75, 3.05) is 33.0 Å². The second kappa shape index (κ2) is 11.9. The summed E-state index contributed by atoms with van der Waals surface area (Å²) in [4.78, 5) is 0. The molecule has 0 bridgehead atoms. The van der Waals surface area contributed by atoms with E-state index in [2.05, 4.69) is 72.4 Å². The van der Waals surface area contributed by atoms with Gasteiger partial charge < -0.3 is 23.7 Å². The molecule has 0 spiro atoms. The number of rotatable bonds is 4. The van der Waals surface area contributed by atoms with Gasteiger partial charge in [0.05, 0.1) is 13.2 Å². The fourth-order valence-corrected chi connectivity index (χ4v) is 3.71. The molecule has 1 unspecified atom stereocenters. The van der Waals surface area contributed by atoms with E-state index in [0.29, 0.717) is 33.0 Å². The van der Waals surface area contributed by atoms with Crippen LogP contribution in [0, 0.1) is 0 Å². The van der Waals surface area contributed by atoms with Crippen LogP contribution in [0.25, 0.3) is 0 Å². The third-order valence-electron chi connectivity index (χ3n) is 6.01. The first kappa shape index (κ1) is 26.9. The lowest BCUT2D eigenvalue weighted by Gasteiger charge is -2.24. The molecule has 2 aromatic rings. The highest BCUT2D eigenvalue weighted by atomic mass is 16.6. The number of benzene rings is 2. The fourth-order valence-electron chi connectivity index (χ4n) is 3.71. The first-order chi connectivity index (χ1) is 16.6. The van der Waals surface area contributed by atoms with Crippen LogP contribution in [0.4, 0.5) is 0 Å². The molecule has 0 saturated carbocycles. The first-order valence-electron chi connectivity index (χ1n) is 12.7. The van der Waals surface area contributed by atoms with Gasteiger partial charge in [-0.2, -0.15) is 0 Å². The van der Waals surface area contributed by atoms with Crippen molar-refractivity contribution in [3.63, 3.8) is 0 Å². The van der Waals surface area contributed by atoms with Crippen LogP contribution >= 0.6 is 0 Å². The number of aliphatic hydroxyl groups is 2. The van der Waals surface area contributed by atoms with Gasteiger partial charge in [-0.15, -0.1) is 6.58 Å². The zero-order valence-electron chi connectivity index (χ0n) is 22.4. The van der Waals surface area contributed by atoms with E-state index in [4.69, 9.17) is 23.7 Å². The summed E-state index contributed by atoms with van der Waals surface area (Å²) in [5.74, 6) is 2.98. The Labute approximate surface area is 211 Å². The molecule has 1 heterocycles. The minimum atomic E-state index is -0.140. The monoisotopic (exact) mass is 483 g/mol. The van der Waals surface area contributed by atoms with Crippen molar-refractivity contribution in [2.24, 2.45) is 0 Å². The average molecular weight is 484 g/mol. The summed E-state index contributed by atoms with van der Waals surface area (Å²) < 4.78 is 29.7. The molecule has 2 aromatic carbocycles. The maximum Gasteiger partial charge on any atom is 0.224 e. The third-order valence-corrected chi connectivity index (χ3v) is 6.01. The molecule has 0 aromatic heterocycles. The zero-order valence-corrected chi connectivity index (χ0v) is 22.4. The molecule has 1 aliphatic rings. The van der Waals surface area contributed by atoms with Crippen LogP contribution < -0.4 is 18.9 Å². The first-order valence-corrected chi connectivity index (χ1v) is 12.7.